The molecule has 0 fully saturated rings. The second-order valence-electron chi connectivity index (χ2n) is 5.55. The van der Waals surface area contributed by atoms with Crippen molar-refractivity contribution >= 4 is 20.2 Å². The minimum absolute atomic E-state index is 0.211. The average Bonchev–Trinajstić information content (AvgIpc) is 2.52. The lowest BCUT2D eigenvalue weighted by Crippen LogP contribution is -2.38. The molecule has 0 saturated carbocycles. The van der Waals surface area contributed by atoms with Crippen molar-refractivity contribution in [3.63, 3.8) is 0 Å². The lowest BCUT2D eigenvalue weighted by atomic mass is 10.1. The molecule has 0 aliphatic rings. The molecular weight excluding hydrogens is 344 g/mol. The van der Waals surface area contributed by atoms with Crippen molar-refractivity contribution in [3.8, 4) is 0 Å². The predicted molar refractivity (Wildman–Crippen MR) is 89.1 cm³/mol. The van der Waals surface area contributed by atoms with Crippen molar-refractivity contribution in [1.29, 1.82) is 0 Å². The van der Waals surface area contributed by atoms with Crippen molar-refractivity contribution < 1.29 is 30.3 Å². The van der Waals surface area contributed by atoms with Crippen LogP contribution >= 0.6 is 0 Å². The fraction of sp³-hybridized carbons (Fsp3) is 1.00. The fourth-order valence-corrected chi connectivity index (χ4v) is 5.22. The van der Waals surface area contributed by atoms with Gasteiger partial charge in [-0.15, -0.1) is 0 Å². The largest absolute Gasteiger partial charge is 0.396 e. The zero-order chi connectivity index (χ0) is 17.9. The van der Waals surface area contributed by atoms with Gasteiger partial charge in [0.05, 0.1) is 14.2 Å². The first-order chi connectivity index (χ1) is 10.7. The lowest BCUT2D eigenvalue weighted by molar-refractivity contribution is 0.282. The fourth-order valence-electron chi connectivity index (χ4n) is 2.42. The third kappa shape index (κ3) is 8.44. The number of unbranched alkanes of at least 4 members (excludes halogenated alkanes) is 6. The molecule has 140 valence electrons. The summed E-state index contributed by atoms with van der Waals surface area (Å²) in [6.45, 7) is 1.54. The Hall–Kier alpha value is -0.220. The SMILES string of the molecule is COS(=O)(=O)C(C)C(CCCCCCCCCO)S(=O)(=O)OC. The number of aliphatic hydroxyl groups excluding tert-OH is 1. The molecule has 0 amide bonds. The van der Waals surface area contributed by atoms with Gasteiger partial charge >= 0.3 is 0 Å². The Morgan fingerprint density at radius 2 is 1.22 bits per heavy atom. The number of aliphatic hydroxyl groups is 1. The van der Waals surface area contributed by atoms with Gasteiger partial charge in [-0.1, -0.05) is 38.5 Å². The number of rotatable bonds is 14. The summed E-state index contributed by atoms with van der Waals surface area (Å²) in [7, 11) is -5.82. The monoisotopic (exact) mass is 374 g/mol. The molecule has 23 heavy (non-hydrogen) atoms. The standard InChI is InChI=1S/C14H30O7S2/c1-13(22(16,17)20-2)14(23(18,19)21-3)11-9-7-5-4-6-8-10-12-15/h13-15H,4-12H2,1-3H3. The molecule has 0 aliphatic carbocycles. The molecule has 7 nitrogen and oxygen atoms in total. The van der Waals surface area contributed by atoms with E-state index >= 15 is 0 Å². The highest BCUT2D eigenvalue weighted by molar-refractivity contribution is 7.91. The molecular formula is C14H30O7S2. The summed E-state index contributed by atoms with van der Waals surface area (Å²) in [5.74, 6) is 0. The molecule has 0 rings (SSSR count). The molecule has 0 heterocycles. The zero-order valence-electron chi connectivity index (χ0n) is 14.2. The first kappa shape index (κ1) is 22.8. The molecule has 1 N–H and O–H groups in total. The summed E-state index contributed by atoms with van der Waals surface area (Å²) in [6, 6.07) is 0. The van der Waals surface area contributed by atoms with Crippen LogP contribution in [0.3, 0.4) is 0 Å². The Morgan fingerprint density at radius 1 is 0.783 bits per heavy atom. The second-order valence-corrected chi connectivity index (χ2v) is 9.54. The summed E-state index contributed by atoms with van der Waals surface area (Å²) in [5, 5.41) is 6.37. The molecule has 0 aromatic rings. The molecule has 0 spiro atoms. The maximum absolute atomic E-state index is 12.0. The van der Waals surface area contributed by atoms with Gasteiger partial charge in [0.1, 0.15) is 10.5 Å². The van der Waals surface area contributed by atoms with Crippen LogP contribution in [-0.4, -0.2) is 53.3 Å². The van der Waals surface area contributed by atoms with Gasteiger partial charge in [-0.2, -0.15) is 16.8 Å². The van der Waals surface area contributed by atoms with Gasteiger partial charge in [0, 0.05) is 6.61 Å². The molecule has 9 heteroatoms. The normalized spacial score (nSPS) is 15.5. The first-order valence-corrected chi connectivity index (χ1v) is 10.9. The van der Waals surface area contributed by atoms with Crippen LogP contribution in [0.5, 0.6) is 0 Å². The number of hydrogen-bond acceptors (Lipinski definition) is 7. The van der Waals surface area contributed by atoms with Crippen LogP contribution < -0.4 is 0 Å². The van der Waals surface area contributed by atoms with Gasteiger partial charge in [-0.3, -0.25) is 8.37 Å². The van der Waals surface area contributed by atoms with Crippen LogP contribution in [0.1, 0.15) is 58.3 Å². The van der Waals surface area contributed by atoms with Crippen molar-refractivity contribution in [1.82, 2.24) is 0 Å². The van der Waals surface area contributed by atoms with Crippen LogP contribution in [0.2, 0.25) is 0 Å². The van der Waals surface area contributed by atoms with Crippen molar-refractivity contribution in [2.24, 2.45) is 0 Å². The molecule has 0 saturated heterocycles. The smallest absolute Gasteiger partial charge is 0.271 e. The molecule has 2 unspecified atom stereocenters. The van der Waals surface area contributed by atoms with Gasteiger partial charge < -0.3 is 5.11 Å². The van der Waals surface area contributed by atoms with E-state index in [4.69, 9.17) is 5.11 Å². The number of hydrogen-bond donors (Lipinski definition) is 1. The Bertz CT molecular complexity index is 499. The van der Waals surface area contributed by atoms with E-state index in [1.807, 2.05) is 0 Å². The van der Waals surface area contributed by atoms with E-state index in [0.717, 1.165) is 52.7 Å². The Labute approximate surface area is 140 Å². The minimum Gasteiger partial charge on any atom is -0.396 e. The summed E-state index contributed by atoms with van der Waals surface area (Å²) >= 11 is 0. The van der Waals surface area contributed by atoms with E-state index in [2.05, 4.69) is 8.37 Å². The molecule has 0 bridgehead atoms. The van der Waals surface area contributed by atoms with Crippen LogP contribution in [0, 0.1) is 0 Å². The molecule has 0 aromatic heterocycles. The van der Waals surface area contributed by atoms with E-state index in [9.17, 15) is 16.8 Å². The Balaban J connectivity index is 4.47. The molecule has 0 aromatic carbocycles. The lowest BCUT2D eigenvalue weighted by Gasteiger charge is -2.21. The summed E-state index contributed by atoms with van der Waals surface area (Å²) in [6.07, 6.45) is 6.46. The topological polar surface area (TPSA) is 107 Å². The Kier molecular flexibility index (Phi) is 11.2. The molecule has 2 atom stereocenters. The average molecular weight is 375 g/mol. The van der Waals surface area contributed by atoms with Gasteiger partial charge in [0.2, 0.25) is 0 Å². The summed E-state index contributed by atoms with van der Waals surface area (Å²) < 4.78 is 56.5. The van der Waals surface area contributed by atoms with E-state index in [-0.39, 0.29) is 13.0 Å². The van der Waals surface area contributed by atoms with Gasteiger partial charge in [0.25, 0.3) is 20.2 Å². The molecule has 0 aliphatic heterocycles. The second kappa shape index (κ2) is 11.4. The van der Waals surface area contributed by atoms with Crippen LogP contribution in [0.25, 0.3) is 0 Å². The van der Waals surface area contributed by atoms with E-state index < -0.39 is 30.7 Å². The highest BCUT2D eigenvalue weighted by Gasteiger charge is 2.38. The zero-order valence-corrected chi connectivity index (χ0v) is 15.9. The minimum atomic E-state index is -3.94. The highest BCUT2D eigenvalue weighted by Crippen LogP contribution is 2.22. The van der Waals surface area contributed by atoms with Crippen molar-refractivity contribution in [3.05, 3.63) is 0 Å². The van der Waals surface area contributed by atoms with E-state index in [0.29, 0.717) is 6.42 Å². The highest BCUT2D eigenvalue weighted by atomic mass is 32.2. The first-order valence-electron chi connectivity index (χ1n) is 7.92. The van der Waals surface area contributed by atoms with Gasteiger partial charge in [-0.25, -0.2) is 0 Å². The summed E-state index contributed by atoms with van der Waals surface area (Å²) in [4.78, 5) is 0. The third-order valence-corrected chi connectivity index (χ3v) is 7.69. The summed E-state index contributed by atoms with van der Waals surface area (Å²) in [5.41, 5.74) is 0. The van der Waals surface area contributed by atoms with E-state index in [1.165, 1.54) is 6.92 Å². The van der Waals surface area contributed by atoms with Crippen LogP contribution in [-0.2, 0) is 28.6 Å². The third-order valence-electron chi connectivity index (χ3n) is 3.96. The molecule has 0 radical (unpaired) electrons. The predicted octanol–water partition coefficient (Wildman–Crippen LogP) is 1.81. The van der Waals surface area contributed by atoms with Crippen LogP contribution in [0.15, 0.2) is 0 Å². The maximum atomic E-state index is 12.0. The van der Waals surface area contributed by atoms with Crippen molar-refractivity contribution in [2.75, 3.05) is 20.8 Å². The van der Waals surface area contributed by atoms with Crippen LogP contribution in [0.4, 0.5) is 0 Å². The van der Waals surface area contributed by atoms with E-state index in [1.54, 1.807) is 0 Å². The maximum Gasteiger partial charge on any atom is 0.271 e. The van der Waals surface area contributed by atoms with Crippen molar-refractivity contribution in [2.45, 2.75) is 68.8 Å². The Morgan fingerprint density at radius 3 is 1.65 bits per heavy atom. The van der Waals surface area contributed by atoms with Gasteiger partial charge in [0.15, 0.2) is 0 Å². The quantitative estimate of drug-likeness (QED) is 0.365. The van der Waals surface area contributed by atoms with Gasteiger partial charge in [-0.05, 0) is 19.8 Å².